The van der Waals surface area contributed by atoms with Crippen LogP contribution in [-0.2, 0) is 3.63 Å². The third kappa shape index (κ3) is 8.39. The minimum Gasteiger partial charge on any atom is -0.330 e. The summed E-state index contributed by atoms with van der Waals surface area (Å²) in [5.41, 5.74) is 11.1. The van der Waals surface area contributed by atoms with E-state index in [9.17, 15) is 0 Å². The molecule has 0 heterocycles. The number of hydrogen-bond acceptors (Lipinski definition) is 3. The zero-order chi connectivity index (χ0) is 11.9. The summed E-state index contributed by atoms with van der Waals surface area (Å²) in [6, 6.07) is 0. The van der Waals surface area contributed by atoms with Gasteiger partial charge < -0.3 is 11.5 Å². The highest BCUT2D eigenvalue weighted by atomic mass is 32.3. The van der Waals surface area contributed by atoms with Crippen molar-refractivity contribution in [3.8, 4) is 0 Å². The van der Waals surface area contributed by atoms with Crippen molar-refractivity contribution in [3.63, 3.8) is 0 Å². The maximum Gasteiger partial charge on any atom is 0.000739 e. The summed E-state index contributed by atoms with van der Waals surface area (Å²) in [7, 11) is -1.83. The molecule has 0 aromatic carbocycles. The molecule has 5 heteroatoms. The Labute approximate surface area is 98.4 Å². The van der Waals surface area contributed by atoms with E-state index in [1.165, 1.54) is 0 Å². The Balaban J connectivity index is 4.04. The Kier molecular flexibility index (Phi) is 7.28. The van der Waals surface area contributed by atoms with Gasteiger partial charge >= 0.3 is 0 Å². The van der Waals surface area contributed by atoms with E-state index in [0.717, 1.165) is 37.4 Å². The fraction of sp³-hybridized carbons (Fsp3) is 1.00. The molecule has 0 saturated carbocycles. The van der Waals surface area contributed by atoms with Gasteiger partial charge in [0.25, 0.3) is 0 Å². The highest BCUT2D eigenvalue weighted by molar-refractivity contribution is 8.40. The molecule has 3 nitrogen and oxygen atoms in total. The molecule has 0 aliphatic heterocycles. The smallest absolute Gasteiger partial charge is 0.000739 e. The van der Waals surface area contributed by atoms with Crippen molar-refractivity contribution in [3.05, 3.63) is 0 Å². The maximum absolute atomic E-state index is 6.28. The highest BCUT2D eigenvalue weighted by Gasteiger charge is 2.21. The van der Waals surface area contributed by atoms with Crippen LogP contribution in [0.15, 0.2) is 0 Å². The fourth-order valence-electron chi connectivity index (χ4n) is 1.43. The number of hydrogen-bond donors (Lipinski definition) is 2. The SMILES string of the molecule is CS(C)(CCCN)OS(C)(C)CCCN. The molecular formula is C10H28N2OS2. The third-order valence-electron chi connectivity index (χ3n) is 2.05. The predicted octanol–water partition coefficient (Wildman–Crippen LogP) is 1.66. The van der Waals surface area contributed by atoms with Crippen LogP contribution >= 0.6 is 20.6 Å². The fourth-order valence-corrected chi connectivity index (χ4v) is 7.69. The van der Waals surface area contributed by atoms with Crippen molar-refractivity contribution >= 4 is 20.6 Å². The molecular weight excluding hydrogens is 228 g/mol. The molecule has 0 spiro atoms. The Bertz CT molecular complexity index is 157. The van der Waals surface area contributed by atoms with Crippen molar-refractivity contribution in [2.45, 2.75) is 12.8 Å². The van der Waals surface area contributed by atoms with E-state index in [1.54, 1.807) is 0 Å². The van der Waals surface area contributed by atoms with E-state index < -0.39 is 20.6 Å². The van der Waals surface area contributed by atoms with Crippen LogP contribution in [0.3, 0.4) is 0 Å². The van der Waals surface area contributed by atoms with Gasteiger partial charge in [-0.15, -0.1) is 20.6 Å². The zero-order valence-corrected chi connectivity index (χ0v) is 12.3. The minimum absolute atomic E-state index is 0.762. The summed E-state index contributed by atoms with van der Waals surface area (Å²) in [5.74, 6) is 2.23. The van der Waals surface area contributed by atoms with Crippen LogP contribution in [0.25, 0.3) is 0 Å². The van der Waals surface area contributed by atoms with Crippen molar-refractivity contribution < 1.29 is 3.63 Å². The third-order valence-corrected chi connectivity index (χ3v) is 7.54. The highest BCUT2D eigenvalue weighted by Crippen LogP contribution is 2.57. The molecule has 0 fully saturated rings. The van der Waals surface area contributed by atoms with E-state index in [-0.39, 0.29) is 0 Å². The predicted molar refractivity (Wildman–Crippen MR) is 77.0 cm³/mol. The molecule has 4 N–H and O–H groups in total. The lowest BCUT2D eigenvalue weighted by atomic mass is 10.5. The maximum atomic E-state index is 6.28. The average molecular weight is 256 g/mol. The first-order valence-corrected chi connectivity index (χ1v) is 10.4. The average Bonchev–Trinajstić information content (AvgIpc) is 2.10. The molecule has 0 radical (unpaired) electrons. The summed E-state index contributed by atoms with van der Waals surface area (Å²) in [6.45, 7) is 1.52. The number of nitrogens with two attached hydrogens (primary N) is 2. The van der Waals surface area contributed by atoms with Crippen LogP contribution < -0.4 is 11.5 Å². The summed E-state index contributed by atoms with van der Waals surface area (Å²) < 4.78 is 6.28. The quantitative estimate of drug-likeness (QED) is 0.694. The standard InChI is InChI=1S/C10H28N2OS2/c1-14(2,9-5-7-11)13-15(3,4)10-6-8-12/h5-12H2,1-4H3. The van der Waals surface area contributed by atoms with E-state index in [0.29, 0.717) is 0 Å². The van der Waals surface area contributed by atoms with Crippen LogP contribution in [0.4, 0.5) is 0 Å². The van der Waals surface area contributed by atoms with Gasteiger partial charge in [-0.3, -0.25) is 3.63 Å². The summed E-state index contributed by atoms with van der Waals surface area (Å²) in [5, 5.41) is 0. The molecule has 0 aromatic rings. The van der Waals surface area contributed by atoms with E-state index >= 15 is 0 Å². The van der Waals surface area contributed by atoms with Crippen LogP contribution in [0.2, 0.25) is 0 Å². The molecule has 0 aromatic heterocycles. The first-order chi connectivity index (χ1) is 6.83. The Hall–Kier alpha value is 0.580. The van der Waals surface area contributed by atoms with Gasteiger partial charge in [-0.05, 0) is 51.0 Å². The molecule has 0 rings (SSSR count). The molecule has 0 aliphatic rings. The lowest BCUT2D eigenvalue weighted by Gasteiger charge is -2.42. The topological polar surface area (TPSA) is 61.3 Å². The molecule has 15 heavy (non-hydrogen) atoms. The Morgan fingerprint density at radius 3 is 1.40 bits per heavy atom. The molecule has 0 aliphatic carbocycles. The van der Waals surface area contributed by atoms with Crippen molar-refractivity contribution in [1.29, 1.82) is 0 Å². The normalized spacial score (nSPS) is 15.3. The van der Waals surface area contributed by atoms with E-state index in [4.69, 9.17) is 15.1 Å². The van der Waals surface area contributed by atoms with Crippen LogP contribution in [0.1, 0.15) is 12.8 Å². The molecule has 0 bridgehead atoms. The van der Waals surface area contributed by atoms with Gasteiger partial charge in [0.05, 0.1) is 0 Å². The van der Waals surface area contributed by atoms with Gasteiger partial charge in [0.15, 0.2) is 0 Å². The zero-order valence-electron chi connectivity index (χ0n) is 10.6. The second-order valence-corrected chi connectivity index (χ2v) is 11.7. The molecule has 0 amide bonds. The second-order valence-electron chi connectivity index (χ2n) is 4.63. The molecule has 0 atom stereocenters. The van der Waals surface area contributed by atoms with Gasteiger partial charge in [0, 0.05) is 11.5 Å². The van der Waals surface area contributed by atoms with Crippen molar-refractivity contribution in [2.75, 3.05) is 49.6 Å². The van der Waals surface area contributed by atoms with Gasteiger partial charge in [0.2, 0.25) is 0 Å². The van der Waals surface area contributed by atoms with E-state index in [1.807, 2.05) is 0 Å². The van der Waals surface area contributed by atoms with E-state index in [2.05, 4.69) is 25.0 Å². The monoisotopic (exact) mass is 256 g/mol. The van der Waals surface area contributed by atoms with Gasteiger partial charge in [-0.25, -0.2) is 0 Å². The second kappa shape index (κ2) is 7.01. The molecule has 96 valence electrons. The summed E-state index contributed by atoms with van der Waals surface area (Å²) in [4.78, 5) is 0. The minimum atomic E-state index is -0.916. The van der Waals surface area contributed by atoms with Gasteiger partial charge in [0.1, 0.15) is 0 Å². The van der Waals surface area contributed by atoms with Crippen molar-refractivity contribution in [2.24, 2.45) is 11.5 Å². The van der Waals surface area contributed by atoms with Gasteiger partial charge in [-0.1, -0.05) is 0 Å². The van der Waals surface area contributed by atoms with Crippen LogP contribution in [0.5, 0.6) is 0 Å². The first kappa shape index (κ1) is 15.6. The molecule has 0 unspecified atom stereocenters. The summed E-state index contributed by atoms with van der Waals surface area (Å²) in [6.07, 6.45) is 11.1. The van der Waals surface area contributed by atoms with Crippen LogP contribution in [0, 0.1) is 0 Å². The van der Waals surface area contributed by atoms with Crippen molar-refractivity contribution in [1.82, 2.24) is 0 Å². The number of rotatable bonds is 8. The Morgan fingerprint density at radius 1 is 0.800 bits per heavy atom. The van der Waals surface area contributed by atoms with Gasteiger partial charge in [-0.2, -0.15) is 0 Å². The lowest BCUT2D eigenvalue weighted by Crippen LogP contribution is -2.15. The van der Waals surface area contributed by atoms with Crippen LogP contribution in [-0.4, -0.2) is 49.6 Å². The largest absolute Gasteiger partial charge is 0.330 e. The lowest BCUT2D eigenvalue weighted by molar-refractivity contribution is 0.692. The first-order valence-electron chi connectivity index (χ1n) is 5.36. The Morgan fingerprint density at radius 2 is 1.13 bits per heavy atom. The summed E-state index contributed by atoms with van der Waals surface area (Å²) >= 11 is 0. The molecule has 0 saturated heterocycles.